The molecule has 64 valence electrons. The van der Waals surface area contributed by atoms with E-state index >= 15 is 0 Å². The molecular formula is C8H15NO2. The summed E-state index contributed by atoms with van der Waals surface area (Å²) in [6.07, 6.45) is 1.35. The zero-order chi connectivity index (χ0) is 8.43. The zero-order valence-corrected chi connectivity index (χ0v) is 7.08. The second kappa shape index (κ2) is 3.22. The van der Waals surface area contributed by atoms with Gasteiger partial charge in [-0.3, -0.25) is 4.79 Å². The Bertz CT molecular complexity index is 156. The highest BCUT2D eigenvalue weighted by molar-refractivity contribution is 5.83. The van der Waals surface area contributed by atoms with Crippen LogP contribution in [-0.2, 0) is 4.79 Å². The summed E-state index contributed by atoms with van der Waals surface area (Å²) in [6.45, 7) is 4.18. The first-order chi connectivity index (χ1) is 5.16. The SMILES string of the molecule is CC(C)N1C(=O)CC1CCO. The van der Waals surface area contributed by atoms with Crippen molar-refractivity contribution in [1.29, 1.82) is 0 Å². The van der Waals surface area contributed by atoms with E-state index in [-0.39, 0.29) is 18.6 Å². The van der Waals surface area contributed by atoms with E-state index in [1.165, 1.54) is 0 Å². The number of carbonyl (C=O) groups excluding carboxylic acids is 1. The highest BCUT2D eigenvalue weighted by Gasteiger charge is 2.36. The molecule has 3 heteroatoms. The molecule has 1 aliphatic heterocycles. The number of carbonyl (C=O) groups is 1. The maximum atomic E-state index is 11.0. The number of amides is 1. The molecule has 1 atom stereocenters. The second-order valence-electron chi connectivity index (χ2n) is 3.26. The Hall–Kier alpha value is -0.570. The quantitative estimate of drug-likeness (QED) is 0.601. The molecule has 3 nitrogen and oxygen atoms in total. The van der Waals surface area contributed by atoms with Gasteiger partial charge in [-0.2, -0.15) is 0 Å². The van der Waals surface area contributed by atoms with E-state index in [1.807, 2.05) is 18.7 Å². The molecule has 1 unspecified atom stereocenters. The summed E-state index contributed by atoms with van der Waals surface area (Å²) in [7, 11) is 0. The van der Waals surface area contributed by atoms with Crippen molar-refractivity contribution in [3.63, 3.8) is 0 Å². The monoisotopic (exact) mass is 157 g/mol. The van der Waals surface area contributed by atoms with Crippen molar-refractivity contribution in [2.75, 3.05) is 6.61 Å². The van der Waals surface area contributed by atoms with Gasteiger partial charge in [-0.1, -0.05) is 0 Å². The van der Waals surface area contributed by atoms with E-state index in [0.29, 0.717) is 12.5 Å². The largest absolute Gasteiger partial charge is 0.396 e. The average molecular weight is 157 g/mol. The molecule has 0 radical (unpaired) electrons. The van der Waals surface area contributed by atoms with Crippen LogP contribution < -0.4 is 0 Å². The minimum Gasteiger partial charge on any atom is -0.396 e. The topological polar surface area (TPSA) is 40.5 Å². The summed E-state index contributed by atoms with van der Waals surface area (Å²) in [5, 5.41) is 8.65. The normalized spacial score (nSPS) is 24.2. The molecule has 1 N–H and O–H groups in total. The molecule has 1 amide bonds. The third kappa shape index (κ3) is 1.53. The highest BCUT2D eigenvalue weighted by atomic mass is 16.3. The van der Waals surface area contributed by atoms with Crippen molar-refractivity contribution >= 4 is 5.91 Å². The van der Waals surface area contributed by atoms with Gasteiger partial charge in [0, 0.05) is 25.1 Å². The first-order valence-corrected chi connectivity index (χ1v) is 4.09. The number of rotatable bonds is 3. The van der Waals surface area contributed by atoms with Gasteiger partial charge in [0.1, 0.15) is 0 Å². The van der Waals surface area contributed by atoms with Crippen LogP contribution in [0.1, 0.15) is 26.7 Å². The first kappa shape index (κ1) is 8.53. The lowest BCUT2D eigenvalue weighted by molar-refractivity contribution is -0.149. The Balaban J connectivity index is 2.41. The molecule has 1 heterocycles. The van der Waals surface area contributed by atoms with Crippen LogP contribution in [0.2, 0.25) is 0 Å². The van der Waals surface area contributed by atoms with Gasteiger partial charge in [0.25, 0.3) is 0 Å². The van der Waals surface area contributed by atoms with Gasteiger partial charge < -0.3 is 10.0 Å². The number of hydrogen-bond donors (Lipinski definition) is 1. The van der Waals surface area contributed by atoms with Gasteiger partial charge in [0.2, 0.25) is 5.91 Å². The smallest absolute Gasteiger partial charge is 0.225 e. The molecule has 0 aliphatic carbocycles. The fraction of sp³-hybridized carbons (Fsp3) is 0.875. The Kier molecular flexibility index (Phi) is 2.49. The second-order valence-corrected chi connectivity index (χ2v) is 3.26. The molecule has 0 aromatic rings. The molecule has 1 saturated heterocycles. The summed E-state index contributed by atoms with van der Waals surface area (Å²) in [4.78, 5) is 12.8. The lowest BCUT2D eigenvalue weighted by Crippen LogP contribution is -2.56. The third-order valence-electron chi connectivity index (χ3n) is 2.11. The van der Waals surface area contributed by atoms with Crippen LogP contribution in [0, 0.1) is 0 Å². The van der Waals surface area contributed by atoms with Gasteiger partial charge >= 0.3 is 0 Å². The van der Waals surface area contributed by atoms with Gasteiger partial charge in [0.15, 0.2) is 0 Å². The predicted molar refractivity (Wildman–Crippen MR) is 42.1 cm³/mol. The summed E-state index contributed by atoms with van der Waals surface area (Å²) in [5.41, 5.74) is 0. The predicted octanol–water partition coefficient (Wildman–Crippen LogP) is 0.378. The number of likely N-dealkylation sites (tertiary alicyclic amines) is 1. The lowest BCUT2D eigenvalue weighted by atomic mass is 9.97. The van der Waals surface area contributed by atoms with E-state index in [9.17, 15) is 4.79 Å². The summed E-state index contributed by atoms with van der Waals surface area (Å²) >= 11 is 0. The van der Waals surface area contributed by atoms with Crippen LogP contribution in [0.25, 0.3) is 0 Å². The average Bonchev–Trinajstić information content (AvgIpc) is 1.85. The van der Waals surface area contributed by atoms with Crippen molar-refractivity contribution in [2.45, 2.75) is 38.8 Å². The molecule has 0 aromatic heterocycles. The van der Waals surface area contributed by atoms with Gasteiger partial charge in [-0.05, 0) is 20.3 Å². The van der Waals surface area contributed by atoms with Crippen molar-refractivity contribution in [3.05, 3.63) is 0 Å². The van der Waals surface area contributed by atoms with Crippen LogP contribution in [0.15, 0.2) is 0 Å². The minimum absolute atomic E-state index is 0.182. The Morgan fingerprint density at radius 1 is 1.73 bits per heavy atom. The number of β-lactam (4-membered cyclic amide) rings is 1. The number of hydrogen-bond acceptors (Lipinski definition) is 2. The van der Waals surface area contributed by atoms with Crippen molar-refractivity contribution < 1.29 is 9.90 Å². The van der Waals surface area contributed by atoms with Crippen molar-refractivity contribution in [3.8, 4) is 0 Å². The fourth-order valence-corrected chi connectivity index (χ4v) is 1.60. The van der Waals surface area contributed by atoms with E-state index in [1.54, 1.807) is 0 Å². The molecule has 1 rings (SSSR count). The maximum absolute atomic E-state index is 11.0. The summed E-state index contributed by atoms with van der Waals surface area (Å²) < 4.78 is 0. The molecule has 1 aliphatic rings. The van der Waals surface area contributed by atoms with Gasteiger partial charge in [-0.25, -0.2) is 0 Å². The molecule has 11 heavy (non-hydrogen) atoms. The van der Waals surface area contributed by atoms with Crippen LogP contribution in [0.5, 0.6) is 0 Å². The molecule has 0 aromatic carbocycles. The van der Waals surface area contributed by atoms with E-state index in [0.717, 1.165) is 6.42 Å². The maximum Gasteiger partial charge on any atom is 0.225 e. The van der Waals surface area contributed by atoms with Crippen molar-refractivity contribution in [2.24, 2.45) is 0 Å². The Labute approximate surface area is 67.0 Å². The first-order valence-electron chi connectivity index (χ1n) is 4.09. The standard InChI is InChI=1S/C8H15NO2/c1-6(2)9-7(3-4-10)5-8(9)11/h6-7,10H,3-5H2,1-2H3. The molecule has 0 saturated carbocycles. The summed E-state index contributed by atoms with van der Waals surface area (Å²) in [5.74, 6) is 0.221. The van der Waals surface area contributed by atoms with E-state index < -0.39 is 0 Å². The van der Waals surface area contributed by atoms with Crippen LogP contribution in [-0.4, -0.2) is 34.6 Å². The molecular weight excluding hydrogens is 142 g/mol. The van der Waals surface area contributed by atoms with Crippen LogP contribution in [0.4, 0.5) is 0 Å². The third-order valence-corrected chi connectivity index (χ3v) is 2.11. The highest BCUT2D eigenvalue weighted by Crippen LogP contribution is 2.24. The van der Waals surface area contributed by atoms with E-state index in [4.69, 9.17) is 5.11 Å². The molecule has 0 bridgehead atoms. The summed E-state index contributed by atoms with van der Waals surface area (Å²) in [6, 6.07) is 0.584. The van der Waals surface area contributed by atoms with E-state index in [2.05, 4.69) is 0 Å². The Morgan fingerprint density at radius 2 is 2.36 bits per heavy atom. The molecule has 0 spiro atoms. The lowest BCUT2D eigenvalue weighted by Gasteiger charge is -2.43. The molecule has 1 fully saturated rings. The van der Waals surface area contributed by atoms with Crippen LogP contribution in [0.3, 0.4) is 0 Å². The van der Waals surface area contributed by atoms with Crippen LogP contribution >= 0.6 is 0 Å². The van der Waals surface area contributed by atoms with Crippen molar-refractivity contribution in [1.82, 2.24) is 4.90 Å². The van der Waals surface area contributed by atoms with Gasteiger partial charge in [0.05, 0.1) is 0 Å². The number of nitrogens with zero attached hydrogens (tertiary/aromatic N) is 1. The number of aliphatic hydroxyl groups is 1. The zero-order valence-electron chi connectivity index (χ0n) is 7.08. The fourth-order valence-electron chi connectivity index (χ4n) is 1.60. The minimum atomic E-state index is 0.182. The number of aliphatic hydroxyl groups excluding tert-OH is 1. The Morgan fingerprint density at radius 3 is 2.73 bits per heavy atom. The van der Waals surface area contributed by atoms with Gasteiger partial charge in [-0.15, -0.1) is 0 Å².